The van der Waals surface area contributed by atoms with Crippen LogP contribution in [0.5, 0.6) is 0 Å². The Morgan fingerprint density at radius 2 is 2.04 bits per heavy atom. The fraction of sp³-hybridized carbons (Fsp3) is 0.421. The van der Waals surface area contributed by atoms with Crippen LogP contribution in [-0.4, -0.2) is 30.1 Å². The molecule has 0 amide bonds. The van der Waals surface area contributed by atoms with Gasteiger partial charge in [0.15, 0.2) is 5.96 Å². The van der Waals surface area contributed by atoms with E-state index >= 15 is 0 Å². The number of rotatable bonds is 7. The lowest BCUT2D eigenvalue weighted by Crippen LogP contribution is -2.41. The van der Waals surface area contributed by atoms with Gasteiger partial charge in [0, 0.05) is 24.8 Å². The minimum Gasteiger partial charge on any atom is -0.469 e. The highest BCUT2D eigenvalue weighted by Gasteiger charge is 2.15. The lowest BCUT2D eigenvalue weighted by molar-refractivity contribution is 0.506. The highest BCUT2D eigenvalue weighted by molar-refractivity contribution is 14.0. The zero-order chi connectivity index (χ0) is 16.5. The first-order chi connectivity index (χ1) is 11.9. The van der Waals surface area contributed by atoms with Crippen LogP contribution in [0.15, 0.2) is 58.1 Å². The molecule has 3 rings (SSSR count). The standard InChI is InChI=1S/C19H25N3OS.HI/c1-2-6-16(7-3-1)14-21-19(22-15-18-9-5-13-24-18)20-11-10-17-8-4-12-23-17;/h1-4,6-8,12,18H,5,9-11,13-15H2,(H2,20,21,22);1H. The van der Waals surface area contributed by atoms with Crippen molar-refractivity contribution in [1.29, 1.82) is 0 Å². The Kier molecular flexibility index (Phi) is 9.25. The zero-order valence-corrected chi connectivity index (χ0v) is 17.5. The minimum atomic E-state index is 0. The largest absolute Gasteiger partial charge is 0.469 e. The van der Waals surface area contributed by atoms with E-state index < -0.39 is 0 Å². The number of halogens is 1. The van der Waals surface area contributed by atoms with Crippen molar-refractivity contribution in [2.75, 3.05) is 18.8 Å². The van der Waals surface area contributed by atoms with Gasteiger partial charge in [-0.15, -0.1) is 24.0 Å². The van der Waals surface area contributed by atoms with Crippen molar-refractivity contribution in [3.05, 3.63) is 60.1 Å². The molecule has 0 saturated carbocycles. The first kappa shape index (κ1) is 20.2. The van der Waals surface area contributed by atoms with Crippen LogP contribution in [0.25, 0.3) is 0 Å². The van der Waals surface area contributed by atoms with Crippen LogP contribution in [0.4, 0.5) is 0 Å². The zero-order valence-electron chi connectivity index (χ0n) is 14.3. The van der Waals surface area contributed by atoms with Crippen LogP contribution in [0, 0.1) is 0 Å². The molecule has 2 aromatic rings. The summed E-state index contributed by atoms with van der Waals surface area (Å²) in [6.45, 7) is 2.48. The predicted molar refractivity (Wildman–Crippen MR) is 117 cm³/mol. The maximum absolute atomic E-state index is 5.38. The molecule has 0 bridgehead atoms. The number of thioether (sulfide) groups is 1. The second kappa shape index (κ2) is 11.5. The Hall–Kier alpha value is -1.15. The molecule has 1 aliphatic rings. The fourth-order valence-electron chi connectivity index (χ4n) is 2.70. The van der Waals surface area contributed by atoms with Crippen molar-refractivity contribution in [3.63, 3.8) is 0 Å². The molecule has 0 aliphatic carbocycles. The first-order valence-corrected chi connectivity index (χ1v) is 9.65. The summed E-state index contributed by atoms with van der Waals surface area (Å²) in [6.07, 6.45) is 5.21. The maximum Gasteiger partial charge on any atom is 0.191 e. The number of nitrogens with one attached hydrogen (secondary N) is 2. The number of nitrogens with zero attached hydrogens (tertiary/aromatic N) is 1. The van der Waals surface area contributed by atoms with Gasteiger partial charge in [-0.3, -0.25) is 0 Å². The average molecular weight is 471 g/mol. The summed E-state index contributed by atoms with van der Waals surface area (Å²) in [7, 11) is 0. The van der Waals surface area contributed by atoms with Gasteiger partial charge in [0.25, 0.3) is 0 Å². The molecular weight excluding hydrogens is 445 g/mol. The Morgan fingerprint density at radius 3 is 2.76 bits per heavy atom. The summed E-state index contributed by atoms with van der Waals surface area (Å²) < 4.78 is 5.38. The van der Waals surface area contributed by atoms with Gasteiger partial charge >= 0.3 is 0 Å². The molecule has 1 aliphatic heterocycles. The molecule has 136 valence electrons. The van der Waals surface area contributed by atoms with Gasteiger partial charge in [-0.1, -0.05) is 30.3 Å². The lowest BCUT2D eigenvalue weighted by Gasteiger charge is -2.15. The van der Waals surface area contributed by atoms with Gasteiger partial charge in [-0.2, -0.15) is 11.8 Å². The Bertz CT molecular complexity index is 613. The molecule has 0 radical (unpaired) electrons. The number of hydrogen-bond donors (Lipinski definition) is 2. The smallest absolute Gasteiger partial charge is 0.191 e. The van der Waals surface area contributed by atoms with E-state index in [1.54, 1.807) is 6.26 Å². The second-order valence-corrected chi connectivity index (χ2v) is 7.33. The van der Waals surface area contributed by atoms with Gasteiger partial charge in [-0.25, -0.2) is 4.99 Å². The Morgan fingerprint density at radius 1 is 1.16 bits per heavy atom. The molecule has 4 nitrogen and oxygen atoms in total. The number of hydrogen-bond acceptors (Lipinski definition) is 3. The molecule has 25 heavy (non-hydrogen) atoms. The summed E-state index contributed by atoms with van der Waals surface area (Å²) in [6, 6.07) is 14.3. The number of benzene rings is 1. The van der Waals surface area contributed by atoms with E-state index in [1.165, 1.54) is 24.2 Å². The summed E-state index contributed by atoms with van der Waals surface area (Å²) >= 11 is 2.06. The van der Waals surface area contributed by atoms with Crippen LogP contribution in [-0.2, 0) is 13.0 Å². The monoisotopic (exact) mass is 471 g/mol. The van der Waals surface area contributed by atoms with Gasteiger partial charge in [0.2, 0.25) is 0 Å². The number of guanidine groups is 1. The van der Waals surface area contributed by atoms with Gasteiger partial charge < -0.3 is 15.1 Å². The fourth-order valence-corrected chi connectivity index (χ4v) is 3.90. The molecule has 0 spiro atoms. The Labute approximate surface area is 171 Å². The number of furan rings is 1. The molecule has 1 aromatic carbocycles. The third-order valence-corrected chi connectivity index (χ3v) is 5.43. The summed E-state index contributed by atoms with van der Waals surface area (Å²) in [4.78, 5) is 4.73. The van der Waals surface area contributed by atoms with E-state index in [0.717, 1.165) is 31.2 Å². The van der Waals surface area contributed by atoms with E-state index in [9.17, 15) is 0 Å². The van der Waals surface area contributed by atoms with Crippen LogP contribution in [0.3, 0.4) is 0 Å². The summed E-state index contributed by atoms with van der Waals surface area (Å²) in [5.41, 5.74) is 1.22. The van der Waals surface area contributed by atoms with Crippen molar-refractivity contribution in [2.45, 2.75) is 31.1 Å². The van der Waals surface area contributed by atoms with Crippen molar-refractivity contribution in [3.8, 4) is 0 Å². The van der Waals surface area contributed by atoms with Crippen LogP contribution >= 0.6 is 35.7 Å². The van der Waals surface area contributed by atoms with E-state index in [-0.39, 0.29) is 24.0 Å². The predicted octanol–water partition coefficient (Wildman–Crippen LogP) is 4.07. The topological polar surface area (TPSA) is 49.6 Å². The molecule has 1 unspecified atom stereocenters. The lowest BCUT2D eigenvalue weighted by atomic mass is 10.2. The SMILES string of the molecule is I.c1ccc(CN=C(NCCc2ccco2)NCC2CCCS2)cc1. The van der Waals surface area contributed by atoms with Crippen LogP contribution in [0.1, 0.15) is 24.2 Å². The van der Waals surface area contributed by atoms with E-state index in [0.29, 0.717) is 11.8 Å². The molecule has 1 atom stereocenters. The summed E-state index contributed by atoms with van der Waals surface area (Å²) in [5, 5.41) is 7.63. The normalized spacial score (nSPS) is 17.1. The quantitative estimate of drug-likeness (QED) is 0.363. The van der Waals surface area contributed by atoms with E-state index in [2.05, 4.69) is 46.7 Å². The first-order valence-electron chi connectivity index (χ1n) is 8.60. The van der Waals surface area contributed by atoms with Crippen molar-refractivity contribution >= 4 is 41.7 Å². The van der Waals surface area contributed by atoms with Crippen molar-refractivity contribution in [1.82, 2.24) is 10.6 Å². The highest BCUT2D eigenvalue weighted by Crippen LogP contribution is 2.25. The molecule has 2 N–H and O–H groups in total. The third kappa shape index (κ3) is 7.32. The Balaban J connectivity index is 0.00000225. The van der Waals surface area contributed by atoms with Crippen molar-refractivity contribution in [2.24, 2.45) is 4.99 Å². The number of aliphatic imine (C=N–C) groups is 1. The highest BCUT2D eigenvalue weighted by atomic mass is 127. The maximum atomic E-state index is 5.38. The molecule has 2 heterocycles. The molecule has 1 aromatic heterocycles. The molecule has 1 saturated heterocycles. The molecule has 6 heteroatoms. The van der Waals surface area contributed by atoms with Crippen molar-refractivity contribution < 1.29 is 4.42 Å². The average Bonchev–Trinajstić information content (AvgIpc) is 3.31. The van der Waals surface area contributed by atoms with Crippen LogP contribution in [0.2, 0.25) is 0 Å². The molecule has 1 fully saturated rings. The van der Waals surface area contributed by atoms with Gasteiger partial charge in [0.05, 0.1) is 12.8 Å². The van der Waals surface area contributed by atoms with E-state index in [1.807, 2.05) is 18.2 Å². The second-order valence-electron chi connectivity index (χ2n) is 5.92. The minimum absolute atomic E-state index is 0. The van der Waals surface area contributed by atoms with Crippen LogP contribution < -0.4 is 10.6 Å². The third-order valence-electron chi connectivity index (χ3n) is 4.03. The van der Waals surface area contributed by atoms with Gasteiger partial charge in [-0.05, 0) is 36.3 Å². The molecular formula is C19H26IN3OS. The summed E-state index contributed by atoms with van der Waals surface area (Å²) in [5.74, 6) is 3.17. The van der Waals surface area contributed by atoms with E-state index in [4.69, 9.17) is 9.41 Å². The van der Waals surface area contributed by atoms with Gasteiger partial charge in [0.1, 0.15) is 5.76 Å².